The third-order valence-electron chi connectivity index (χ3n) is 3.50. The summed E-state index contributed by atoms with van der Waals surface area (Å²) in [4.78, 5) is 23.7. The van der Waals surface area contributed by atoms with Crippen LogP contribution in [0.5, 0.6) is 5.75 Å². The van der Waals surface area contributed by atoms with Gasteiger partial charge in [-0.15, -0.1) is 0 Å². The summed E-state index contributed by atoms with van der Waals surface area (Å²) in [6.45, 7) is 3.88. The number of methoxy groups -OCH3 is 1. The second-order valence-electron chi connectivity index (χ2n) is 5.61. The van der Waals surface area contributed by atoms with Crippen molar-refractivity contribution < 1.29 is 14.3 Å². The quantitative estimate of drug-likeness (QED) is 0.482. The van der Waals surface area contributed by atoms with E-state index in [2.05, 4.69) is 15.8 Å². The molecule has 0 heterocycles. The predicted molar refractivity (Wildman–Crippen MR) is 97.9 cm³/mol. The van der Waals surface area contributed by atoms with Crippen LogP contribution < -0.4 is 15.5 Å². The highest BCUT2D eigenvalue weighted by Gasteiger charge is 2.10. The predicted octanol–water partition coefficient (Wildman–Crippen LogP) is 2.79. The molecule has 6 nitrogen and oxygen atoms in total. The highest BCUT2D eigenvalue weighted by molar-refractivity contribution is 6.04. The van der Waals surface area contributed by atoms with Crippen LogP contribution in [0.1, 0.15) is 23.1 Å². The average molecular weight is 339 g/mol. The van der Waals surface area contributed by atoms with Crippen molar-refractivity contribution in [2.75, 3.05) is 12.4 Å². The first-order chi connectivity index (χ1) is 12.0. The van der Waals surface area contributed by atoms with Gasteiger partial charge in [0.25, 0.3) is 0 Å². The Morgan fingerprint density at radius 3 is 2.44 bits per heavy atom. The van der Waals surface area contributed by atoms with E-state index >= 15 is 0 Å². The molecule has 0 bridgehead atoms. The summed E-state index contributed by atoms with van der Waals surface area (Å²) in [6.07, 6.45) is 1.20. The molecule has 0 spiro atoms. The van der Waals surface area contributed by atoms with Gasteiger partial charge in [-0.25, -0.2) is 5.43 Å². The first-order valence-corrected chi connectivity index (χ1v) is 7.81. The van der Waals surface area contributed by atoms with Crippen molar-refractivity contribution in [3.05, 3.63) is 59.2 Å². The van der Waals surface area contributed by atoms with Gasteiger partial charge in [-0.1, -0.05) is 17.7 Å². The van der Waals surface area contributed by atoms with E-state index < -0.39 is 5.91 Å². The average Bonchev–Trinajstić information content (AvgIpc) is 2.58. The Bertz CT molecular complexity index is 783. The maximum Gasteiger partial charge on any atom is 0.249 e. The van der Waals surface area contributed by atoms with Crippen LogP contribution >= 0.6 is 0 Å². The number of rotatable bonds is 6. The molecular formula is C19H21N3O3. The number of amides is 2. The fourth-order valence-electron chi connectivity index (χ4n) is 2.20. The zero-order valence-electron chi connectivity index (χ0n) is 14.5. The number of carbonyl (C=O) groups excluding carboxylic acids is 2. The van der Waals surface area contributed by atoms with Crippen molar-refractivity contribution >= 4 is 23.7 Å². The van der Waals surface area contributed by atoms with Crippen LogP contribution in [0.25, 0.3) is 0 Å². The van der Waals surface area contributed by atoms with Crippen molar-refractivity contribution in [3.63, 3.8) is 0 Å². The topological polar surface area (TPSA) is 79.8 Å². The zero-order valence-corrected chi connectivity index (χ0v) is 14.5. The second kappa shape index (κ2) is 8.63. The number of carbonyl (C=O) groups is 2. The molecule has 0 unspecified atom stereocenters. The van der Waals surface area contributed by atoms with Gasteiger partial charge in [0.2, 0.25) is 11.8 Å². The Morgan fingerprint density at radius 1 is 1.08 bits per heavy atom. The van der Waals surface area contributed by atoms with Crippen LogP contribution in [0.15, 0.2) is 47.6 Å². The molecule has 25 heavy (non-hydrogen) atoms. The first kappa shape index (κ1) is 18.2. The van der Waals surface area contributed by atoms with E-state index in [4.69, 9.17) is 4.74 Å². The van der Waals surface area contributed by atoms with Crippen molar-refractivity contribution in [2.45, 2.75) is 20.3 Å². The summed E-state index contributed by atoms with van der Waals surface area (Å²) < 4.78 is 5.06. The third-order valence-corrected chi connectivity index (χ3v) is 3.50. The van der Waals surface area contributed by atoms with Gasteiger partial charge in [0.05, 0.1) is 13.3 Å². The van der Waals surface area contributed by atoms with Crippen molar-refractivity contribution in [1.29, 1.82) is 0 Å². The number of nitrogens with zero attached hydrogens (tertiary/aromatic N) is 1. The van der Waals surface area contributed by atoms with E-state index in [1.165, 1.54) is 6.21 Å². The van der Waals surface area contributed by atoms with Crippen molar-refractivity contribution in [1.82, 2.24) is 5.43 Å². The molecule has 0 aliphatic carbocycles. The van der Waals surface area contributed by atoms with Gasteiger partial charge in [0, 0.05) is 5.69 Å². The lowest BCUT2D eigenvalue weighted by molar-refractivity contribution is -0.126. The first-order valence-electron chi connectivity index (χ1n) is 7.81. The van der Waals surface area contributed by atoms with Gasteiger partial charge in [-0.05, 0) is 55.3 Å². The number of hydrogen-bond acceptors (Lipinski definition) is 4. The maximum absolute atomic E-state index is 11.9. The fraction of sp³-hybridized carbons (Fsp3) is 0.211. The van der Waals surface area contributed by atoms with Crippen LogP contribution in [-0.2, 0) is 9.59 Å². The molecule has 2 amide bonds. The second-order valence-corrected chi connectivity index (χ2v) is 5.61. The lowest BCUT2D eigenvalue weighted by Crippen LogP contribution is -2.24. The summed E-state index contributed by atoms with van der Waals surface area (Å²) in [5.41, 5.74) is 5.91. The molecule has 2 rings (SSSR count). The Labute approximate surface area is 146 Å². The minimum Gasteiger partial charge on any atom is -0.497 e. The Hall–Kier alpha value is -3.15. The maximum atomic E-state index is 11.9. The van der Waals surface area contributed by atoms with Crippen LogP contribution in [0.2, 0.25) is 0 Å². The van der Waals surface area contributed by atoms with E-state index in [0.717, 1.165) is 22.4 Å². The minimum absolute atomic E-state index is 0.298. The summed E-state index contributed by atoms with van der Waals surface area (Å²) in [7, 11) is 1.59. The van der Waals surface area contributed by atoms with Gasteiger partial charge in [-0.3, -0.25) is 9.59 Å². The van der Waals surface area contributed by atoms with Crippen LogP contribution in [0.4, 0.5) is 5.69 Å². The highest BCUT2D eigenvalue weighted by Crippen LogP contribution is 2.16. The Morgan fingerprint density at radius 2 is 1.80 bits per heavy atom. The van der Waals surface area contributed by atoms with Crippen LogP contribution in [-0.4, -0.2) is 25.1 Å². The van der Waals surface area contributed by atoms with Gasteiger partial charge >= 0.3 is 0 Å². The number of aryl methyl sites for hydroxylation is 2. The van der Waals surface area contributed by atoms with Crippen molar-refractivity contribution in [2.24, 2.45) is 5.10 Å². The number of ether oxygens (including phenoxy) is 1. The van der Waals surface area contributed by atoms with Crippen LogP contribution in [0, 0.1) is 13.8 Å². The number of benzene rings is 2. The number of hydrogen-bond donors (Lipinski definition) is 2. The summed E-state index contributed by atoms with van der Waals surface area (Å²) >= 11 is 0. The lowest BCUT2D eigenvalue weighted by Gasteiger charge is -2.08. The Kier molecular flexibility index (Phi) is 6.28. The monoisotopic (exact) mass is 339 g/mol. The third kappa shape index (κ3) is 5.76. The Balaban J connectivity index is 1.82. The highest BCUT2D eigenvalue weighted by atomic mass is 16.5. The molecule has 0 aromatic heterocycles. The van der Waals surface area contributed by atoms with E-state index in [0.29, 0.717) is 5.69 Å². The smallest absolute Gasteiger partial charge is 0.249 e. The SMILES string of the molecule is COc1ccc(C=NNC(=O)CC(=O)Nc2ccc(C)cc2C)cc1. The molecule has 6 heteroatoms. The number of hydrazone groups is 1. The molecule has 0 atom stereocenters. The van der Waals surface area contributed by atoms with Gasteiger partial charge in [0.1, 0.15) is 12.2 Å². The molecule has 0 aliphatic heterocycles. The van der Waals surface area contributed by atoms with E-state index in [-0.39, 0.29) is 12.3 Å². The fourth-order valence-corrected chi connectivity index (χ4v) is 2.20. The van der Waals surface area contributed by atoms with E-state index in [1.807, 2.05) is 32.0 Å². The molecular weight excluding hydrogens is 318 g/mol. The van der Waals surface area contributed by atoms with Gasteiger partial charge in [0.15, 0.2) is 0 Å². The lowest BCUT2D eigenvalue weighted by atomic mass is 10.1. The van der Waals surface area contributed by atoms with Gasteiger partial charge < -0.3 is 10.1 Å². The van der Waals surface area contributed by atoms with Gasteiger partial charge in [-0.2, -0.15) is 5.10 Å². The number of nitrogens with one attached hydrogen (secondary N) is 2. The van der Waals surface area contributed by atoms with Crippen LogP contribution in [0.3, 0.4) is 0 Å². The molecule has 0 saturated carbocycles. The molecule has 0 saturated heterocycles. The molecule has 2 N–H and O–H groups in total. The summed E-state index contributed by atoms with van der Waals surface area (Å²) in [5.74, 6) is -0.125. The standard InChI is InChI=1S/C19H21N3O3/c1-13-4-9-17(14(2)10-13)21-18(23)11-19(24)22-20-12-15-5-7-16(25-3)8-6-15/h4-10,12H,11H2,1-3H3,(H,21,23)(H,22,24). The zero-order chi connectivity index (χ0) is 18.2. The minimum atomic E-state index is -0.480. The van der Waals surface area contributed by atoms with E-state index in [1.54, 1.807) is 31.4 Å². The molecule has 0 fully saturated rings. The largest absolute Gasteiger partial charge is 0.497 e. The number of anilines is 1. The summed E-state index contributed by atoms with van der Waals surface area (Å²) in [6, 6.07) is 12.9. The molecule has 0 aliphatic rings. The molecule has 130 valence electrons. The summed E-state index contributed by atoms with van der Waals surface area (Å²) in [5, 5.41) is 6.56. The molecule has 2 aromatic rings. The molecule has 2 aromatic carbocycles. The van der Waals surface area contributed by atoms with Crippen molar-refractivity contribution in [3.8, 4) is 5.75 Å². The normalized spacial score (nSPS) is 10.5. The van der Waals surface area contributed by atoms with E-state index in [9.17, 15) is 9.59 Å². The molecule has 0 radical (unpaired) electrons.